The van der Waals surface area contributed by atoms with Gasteiger partial charge in [0.1, 0.15) is 11.6 Å². The molecule has 0 saturated heterocycles. The summed E-state index contributed by atoms with van der Waals surface area (Å²) in [5, 5.41) is 0. The molecule has 5 rings (SSSR count). The first kappa shape index (κ1) is 23.5. The van der Waals surface area contributed by atoms with E-state index in [-0.39, 0.29) is 5.91 Å². The molecule has 1 aliphatic heterocycles. The Hall–Kier alpha value is -4.26. The van der Waals surface area contributed by atoms with E-state index in [0.29, 0.717) is 49.2 Å². The van der Waals surface area contributed by atoms with Gasteiger partial charge >= 0.3 is 0 Å². The molecular weight excluding hydrogens is 455 g/mol. The van der Waals surface area contributed by atoms with Gasteiger partial charge in [-0.05, 0) is 36.2 Å². The van der Waals surface area contributed by atoms with Crippen molar-refractivity contribution in [3.05, 3.63) is 113 Å². The highest BCUT2D eigenvalue weighted by atomic mass is 19.1. The number of carbonyl (C=O) groups excluding carboxylic acids is 1. The topological polar surface area (TPSA) is 58.6 Å². The van der Waals surface area contributed by atoms with E-state index in [1.807, 2.05) is 73.5 Å². The Kier molecular flexibility index (Phi) is 6.62. The summed E-state index contributed by atoms with van der Waals surface area (Å²) in [6.07, 6.45) is 0.571. The summed E-state index contributed by atoms with van der Waals surface area (Å²) < 4.78 is 20.0. The van der Waals surface area contributed by atoms with Gasteiger partial charge in [0.05, 0.1) is 17.8 Å². The van der Waals surface area contributed by atoms with Crippen molar-refractivity contribution < 1.29 is 13.9 Å². The maximum atomic E-state index is 13.9. The SMILES string of the molecule is Cc1ccccc1C(=O)N1CCc2nc(N(C)Cc3ccccc3)nc(Oc3cccc(F)c3)c2C1. The predicted octanol–water partition coefficient (Wildman–Crippen LogP) is 5.55. The molecule has 3 aromatic carbocycles. The van der Waals surface area contributed by atoms with Crippen LogP contribution >= 0.6 is 0 Å². The molecule has 0 unspecified atom stereocenters. The standard InChI is InChI=1S/C29H27FN4O2/c1-20-9-6-7-14-24(20)28(35)34-16-15-26-25(19-34)27(36-23-13-8-12-22(30)17-23)32-29(31-26)33(2)18-21-10-4-3-5-11-21/h3-14,17H,15-16,18-19H2,1-2H3. The summed E-state index contributed by atoms with van der Waals surface area (Å²) in [5.41, 5.74) is 4.31. The summed E-state index contributed by atoms with van der Waals surface area (Å²) in [6, 6.07) is 23.6. The van der Waals surface area contributed by atoms with Crippen molar-refractivity contribution in [2.75, 3.05) is 18.5 Å². The molecule has 0 saturated carbocycles. The van der Waals surface area contributed by atoms with Crippen molar-refractivity contribution in [2.24, 2.45) is 0 Å². The lowest BCUT2D eigenvalue weighted by molar-refractivity contribution is 0.0731. The van der Waals surface area contributed by atoms with Crippen molar-refractivity contribution in [2.45, 2.75) is 26.4 Å². The summed E-state index contributed by atoms with van der Waals surface area (Å²) in [6.45, 7) is 3.41. The number of benzene rings is 3. The van der Waals surface area contributed by atoms with Gasteiger partial charge in [-0.2, -0.15) is 4.98 Å². The van der Waals surface area contributed by atoms with Gasteiger partial charge in [-0.1, -0.05) is 54.6 Å². The molecule has 0 radical (unpaired) electrons. The van der Waals surface area contributed by atoms with E-state index in [4.69, 9.17) is 14.7 Å². The van der Waals surface area contributed by atoms with Crippen LogP contribution in [0.4, 0.5) is 10.3 Å². The maximum absolute atomic E-state index is 13.9. The third-order valence-corrected chi connectivity index (χ3v) is 6.29. The van der Waals surface area contributed by atoms with Gasteiger partial charge in [0, 0.05) is 38.2 Å². The number of carbonyl (C=O) groups is 1. The summed E-state index contributed by atoms with van der Waals surface area (Å²) in [7, 11) is 1.93. The van der Waals surface area contributed by atoms with E-state index < -0.39 is 5.82 Å². The highest BCUT2D eigenvalue weighted by Crippen LogP contribution is 2.32. The normalized spacial score (nSPS) is 12.7. The average Bonchev–Trinajstić information content (AvgIpc) is 2.89. The van der Waals surface area contributed by atoms with Gasteiger partial charge in [-0.3, -0.25) is 4.79 Å². The zero-order valence-electron chi connectivity index (χ0n) is 20.3. The molecule has 0 bridgehead atoms. The van der Waals surface area contributed by atoms with E-state index in [9.17, 15) is 9.18 Å². The third kappa shape index (κ3) is 5.05. The first-order chi connectivity index (χ1) is 17.5. The van der Waals surface area contributed by atoms with Gasteiger partial charge in [0.25, 0.3) is 5.91 Å². The van der Waals surface area contributed by atoms with Gasteiger partial charge in [0.2, 0.25) is 11.8 Å². The number of hydrogen-bond donors (Lipinski definition) is 0. The van der Waals surface area contributed by atoms with Crippen LogP contribution in [0.15, 0.2) is 78.9 Å². The second kappa shape index (κ2) is 10.2. The lowest BCUT2D eigenvalue weighted by Gasteiger charge is -2.30. The Balaban J connectivity index is 1.49. The molecule has 0 aliphatic carbocycles. The fraction of sp³-hybridized carbons (Fsp3) is 0.207. The highest BCUT2D eigenvalue weighted by molar-refractivity contribution is 5.95. The number of ether oxygens (including phenoxy) is 1. The number of aromatic nitrogens is 2. The molecule has 1 amide bonds. The molecule has 7 heteroatoms. The number of nitrogens with zero attached hydrogens (tertiary/aromatic N) is 4. The number of hydrogen-bond acceptors (Lipinski definition) is 5. The molecule has 0 spiro atoms. The van der Waals surface area contributed by atoms with Crippen molar-refractivity contribution >= 4 is 11.9 Å². The van der Waals surface area contributed by atoms with Crippen LogP contribution in [0.25, 0.3) is 0 Å². The monoisotopic (exact) mass is 482 g/mol. The Morgan fingerprint density at radius 3 is 2.58 bits per heavy atom. The molecule has 182 valence electrons. The largest absolute Gasteiger partial charge is 0.438 e. The van der Waals surface area contributed by atoms with Crippen molar-refractivity contribution in [1.29, 1.82) is 0 Å². The molecule has 1 aromatic heterocycles. The Morgan fingerprint density at radius 2 is 1.81 bits per heavy atom. The predicted molar refractivity (Wildman–Crippen MR) is 137 cm³/mol. The second-order valence-corrected chi connectivity index (χ2v) is 8.95. The summed E-state index contributed by atoms with van der Waals surface area (Å²) >= 11 is 0. The van der Waals surface area contributed by atoms with Crippen LogP contribution in [-0.2, 0) is 19.5 Å². The van der Waals surface area contributed by atoms with E-state index in [2.05, 4.69) is 0 Å². The smallest absolute Gasteiger partial charge is 0.254 e. The second-order valence-electron chi connectivity index (χ2n) is 8.95. The molecular formula is C29H27FN4O2. The third-order valence-electron chi connectivity index (χ3n) is 6.29. The number of halogens is 1. The first-order valence-corrected chi connectivity index (χ1v) is 11.9. The highest BCUT2D eigenvalue weighted by Gasteiger charge is 2.28. The van der Waals surface area contributed by atoms with Gasteiger partial charge < -0.3 is 14.5 Å². The van der Waals surface area contributed by atoms with Gasteiger partial charge in [-0.25, -0.2) is 9.37 Å². The minimum Gasteiger partial charge on any atom is -0.438 e. The molecule has 0 atom stereocenters. The number of aryl methyl sites for hydroxylation is 1. The average molecular weight is 483 g/mol. The maximum Gasteiger partial charge on any atom is 0.254 e. The Bertz CT molecular complexity index is 1390. The number of anilines is 1. The Labute approximate surface area is 210 Å². The van der Waals surface area contributed by atoms with Crippen LogP contribution < -0.4 is 9.64 Å². The first-order valence-electron chi connectivity index (χ1n) is 11.9. The van der Waals surface area contributed by atoms with Gasteiger partial charge in [0.15, 0.2) is 0 Å². The molecule has 4 aromatic rings. The van der Waals surface area contributed by atoms with E-state index in [0.717, 1.165) is 22.4 Å². The molecule has 6 nitrogen and oxygen atoms in total. The van der Waals surface area contributed by atoms with E-state index >= 15 is 0 Å². The lowest BCUT2D eigenvalue weighted by Crippen LogP contribution is -2.37. The number of rotatable bonds is 6. The molecule has 0 N–H and O–H groups in total. The fourth-order valence-electron chi connectivity index (χ4n) is 4.35. The van der Waals surface area contributed by atoms with Crippen molar-refractivity contribution in [3.63, 3.8) is 0 Å². The van der Waals surface area contributed by atoms with E-state index in [1.54, 1.807) is 17.0 Å². The summed E-state index contributed by atoms with van der Waals surface area (Å²) in [4.78, 5) is 26.6. The van der Waals surface area contributed by atoms with E-state index in [1.165, 1.54) is 12.1 Å². The van der Waals surface area contributed by atoms with Crippen LogP contribution in [0.5, 0.6) is 11.6 Å². The van der Waals surface area contributed by atoms with Crippen LogP contribution in [-0.4, -0.2) is 34.4 Å². The fourth-order valence-corrected chi connectivity index (χ4v) is 4.35. The molecule has 1 aliphatic rings. The van der Waals surface area contributed by atoms with Gasteiger partial charge in [-0.15, -0.1) is 0 Å². The minimum absolute atomic E-state index is 0.0410. The van der Waals surface area contributed by atoms with Crippen molar-refractivity contribution in [3.8, 4) is 11.6 Å². The van der Waals surface area contributed by atoms with Crippen LogP contribution in [0.3, 0.4) is 0 Å². The Morgan fingerprint density at radius 1 is 1.03 bits per heavy atom. The quantitative estimate of drug-likeness (QED) is 0.361. The molecule has 36 heavy (non-hydrogen) atoms. The van der Waals surface area contributed by atoms with Crippen LogP contribution in [0.1, 0.15) is 32.7 Å². The van der Waals surface area contributed by atoms with Crippen molar-refractivity contribution in [1.82, 2.24) is 14.9 Å². The molecule has 0 fully saturated rings. The van der Waals surface area contributed by atoms with Crippen LogP contribution in [0.2, 0.25) is 0 Å². The minimum atomic E-state index is -0.395. The zero-order chi connectivity index (χ0) is 25.1. The number of amides is 1. The van der Waals surface area contributed by atoms with Crippen LogP contribution in [0, 0.1) is 12.7 Å². The molecule has 2 heterocycles. The lowest BCUT2D eigenvalue weighted by atomic mass is 10.0. The zero-order valence-corrected chi connectivity index (χ0v) is 20.3. The number of fused-ring (bicyclic) bond motifs is 1. The summed E-state index contributed by atoms with van der Waals surface area (Å²) in [5.74, 6) is 0.759.